The lowest BCUT2D eigenvalue weighted by atomic mass is 9.68. The van der Waals surface area contributed by atoms with Crippen molar-refractivity contribution < 1.29 is 36.6 Å². The fraction of sp³-hybridized carbons (Fsp3) is 0.667. The molecular weight excluding hydrogens is 608 g/mol. The van der Waals surface area contributed by atoms with Crippen LogP contribution in [0.2, 0.25) is 0 Å². The van der Waals surface area contributed by atoms with Gasteiger partial charge in [0, 0.05) is 0 Å². The highest BCUT2D eigenvalue weighted by molar-refractivity contribution is 5.72. The van der Waals surface area contributed by atoms with Gasteiger partial charge in [-0.1, -0.05) is 38.8 Å². The molecule has 0 atom stereocenters. The second-order valence-corrected chi connectivity index (χ2v) is 14.1. The Hall–Kier alpha value is -2.77. The van der Waals surface area contributed by atoms with Gasteiger partial charge in [-0.25, -0.2) is 8.78 Å². The third kappa shape index (κ3) is 8.83. The molecule has 0 aliphatic heterocycles. The molecule has 260 valence electrons. The number of halogens is 4. The Labute approximate surface area is 277 Å². The SMILES string of the molecule is CCCCOc1ccc(C2CCC(OC(=O)C3CCC(C4CCC(c5ccc(OCCCC)c(F)c5F)CC4)CC3)CC2)c(F)c1F. The summed E-state index contributed by atoms with van der Waals surface area (Å²) >= 11 is 0. The van der Waals surface area contributed by atoms with Gasteiger partial charge in [-0.15, -0.1) is 0 Å². The van der Waals surface area contributed by atoms with E-state index in [4.69, 9.17) is 14.2 Å². The molecule has 8 heteroatoms. The molecule has 3 saturated carbocycles. The molecule has 2 aromatic carbocycles. The van der Waals surface area contributed by atoms with E-state index in [1.54, 1.807) is 18.2 Å². The van der Waals surface area contributed by atoms with Crippen LogP contribution in [-0.2, 0) is 9.53 Å². The van der Waals surface area contributed by atoms with Crippen LogP contribution in [0.3, 0.4) is 0 Å². The number of esters is 1. The highest BCUT2D eigenvalue weighted by Crippen LogP contribution is 2.45. The molecule has 0 saturated heterocycles. The molecule has 0 amide bonds. The Morgan fingerprint density at radius 2 is 1.02 bits per heavy atom. The van der Waals surface area contributed by atoms with Crippen molar-refractivity contribution in [3.8, 4) is 11.5 Å². The van der Waals surface area contributed by atoms with Gasteiger partial charge in [0.25, 0.3) is 0 Å². The van der Waals surface area contributed by atoms with E-state index in [2.05, 4.69) is 0 Å². The van der Waals surface area contributed by atoms with Crippen LogP contribution in [0, 0.1) is 41.0 Å². The third-order valence-electron chi connectivity index (χ3n) is 11.0. The lowest BCUT2D eigenvalue weighted by Crippen LogP contribution is -2.32. The number of carbonyl (C=O) groups excluding carboxylic acids is 1. The van der Waals surface area contributed by atoms with Crippen molar-refractivity contribution in [2.45, 2.75) is 135 Å². The van der Waals surface area contributed by atoms with Crippen molar-refractivity contribution in [2.75, 3.05) is 13.2 Å². The molecule has 3 fully saturated rings. The average Bonchev–Trinajstić information content (AvgIpc) is 3.09. The quantitative estimate of drug-likeness (QED) is 0.122. The summed E-state index contributed by atoms with van der Waals surface area (Å²) < 4.78 is 75.9. The van der Waals surface area contributed by atoms with Crippen LogP contribution in [0.5, 0.6) is 11.5 Å². The number of carbonyl (C=O) groups is 1. The van der Waals surface area contributed by atoms with Gasteiger partial charge >= 0.3 is 5.97 Å². The van der Waals surface area contributed by atoms with E-state index >= 15 is 0 Å². The van der Waals surface area contributed by atoms with Gasteiger partial charge in [0.2, 0.25) is 11.6 Å². The van der Waals surface area contributed by atoms with Crippen LogP contribution in [0.15, 0.2) is 24.3 Å². The Morgan fingerprint density at radius 3 is 1.47 bits per heavy atom. The third-order valence-corrected chi connectivity index (χ3v) is 11.0. The first kappa shape index (κ1) is 35.5. The lowest BCUT2D eigenvalue weighted by molar-refractivity contribution is -0.157. The van der Waals surface area contributed by atoms with Crippen molar-refractivity contribution in [1.82, 2.24) is 0 Å². The standard InChI is InChI=1S/C39H52F4O4/c1-3-5-23-45-33-21-19-31(35(40)37(33)42)27-11-7-25(8-12-27)26-9-13-29(14-10-26)39(44)47-30-17-15-28(16-18-30)32-20-22-34(38(43)36(32)41)46-24-6-4-2/h19-22,25-30H,3-18,23-24H2,1-2H3. The summed E-state index contributed by atoms with van der Waals surface area (Å²) in [4.78, 5) is 13.1. The highest BCUT2D eigenvalue weighted by atomic mass is 19.2. The molecule has 0 unspecified atom stereocenters. The van der Waals surface area contributed by atoms with Gasteiger partial charge in [-0.2, -0.15) is 8.78 Å². The number of rotatable bonds is 13. The van der Waals surface area contributed by atoms with E-state index in [0.717, 1.165) is 77.0 Å². The minimum absolute atomic E-state index is 0.00186. The number of benzene rings is 2. The first-order chi connectivity index (χ1) is 22.8. The summed E-state index contributed by atoms with van der Waals surface area (Å²) in [5.74, 6) is -2.63. The summed E-state index contributed by atoms with van der Waals surface area (Å²) in [5, 5.41) is 0. The zero-order valence-corrected chi connectivity index (χ0v) is 28.1. The second-order valence-electron chi connectivity index (χ2n) is 14.1. The fourth-order valence-corrected chi connectivity index (χ4v) is 8.08. The molecule has 0 N–H and O–H groups in total. The van der Waals surface area contributed by atoms with Crippen LogP contribution < -0.4 is 9.47 Å². The predicted molar refractivity (Wildman–Crippen MR) is 175 cm³/mol. The Balaban J connectivity index is 1.03. The van der Waals surface area contributed by atoms with Gasteiger partial charge in [0.15, 0.2) is 23.1 Å². The smallest absolute Gasteiger partial charge is 0.309 e. The molecule has 47 heavy (non-hydrogen) atoms. The number of unbranched alkanes of at least 4 members (excludes halogenated alkanes) is 2. The topological polar surface area (TPSA) is 44.8 Å². The molecule has 3 aliphatic rings. The van der Waals surface area contributed by atoms with Crippen molar-refractivity contribution in [1.29, 1.82) is 0 Å². The van der Waals surface area contributed by atoms with E-state index in [1.807, 2.05) is 13.8 Å². The normalized spacial score (nSPS) is 26.5. The minimum atomic E-state index is -0.918. The summed E-state index contributed by atoms with van der Waals surface area (Å²) in [6, 6.07) is 6.45. The van der Waals surface area contributed by atoms with E-state index in [0.29, 0.717) is 61.9 Å². The summed E-state index contributed by atoms with van der Waals surface area (Å²) in [7, 11) is 0. The zero-order chi connectivity index (χ0) is 33.3. The van der Waals surface area contributed by atoms with Crippen LogP contribution in [-0.4, -0.2) is 25.3 Å². The van der Waals surface area contributed by atoms with E-state index in [9.17, 15) is 22.4 Å². The Kier molecular flexibility index (Phi) is 12.9. The van der Waals surface area contributed by atoms with E-state index in [1.165, 1.54) is 6.07 Å². The van der Waals surface area contributed by atoms with Gasteiger partial charge in [-0.3, -0.25) is 4.79 Å². The van der Waals surface area contributed by atoms with Crippen LogP contribution >= 0.6 is 0 Å². The summed E-state index contributed by atoms with van der Waals surface area (Å²) in [6.07, 6.45) is 13.1. The largest absolute Gasteiger partial charge is 0.490 e. The van der Waals surface area contributed by atoms with Gasteiger partial charge in [0.1, 0.15) is 6.10 Å². The molecule has 0 radical (unpaired) electrons. The van der Waals surface area contributed by atoms with E-state index in [-0.39, 0.29) is 41.3 Å². The molecule has 2 aromatic rings. The van der Waals surface area contributed by atoms with Gasteiger partial charge < -0.3 is 14.2 Å². The van der Waals surface area contributed by atoms with Gasteiger partial charge in [0.05, 0.1) is 19.1 Å². The maximum Gasteiger partial charge on any atom is 0.309 e. The average molecular weight is 661 g/mol. The van der Waals surface area contributed by atoms with Crippen LogP contribution in [0.25, 0.3) is 0 Å². The van der Waals surface area contributed by atoms with Gasteiger partial charge in [-0.05, 0) is 137 Å². The van der Waals surface area contributed by atoms with Crippen molar-refractivity contribution in [3.05, 3.63) is 58.7 Å². The fourth-order valence-electron chi connectivity index (χ4n) is 8.08. The number of ether oxygens (including phenoxy) is 3. The summed E-state index contributed by atoms with van der Waals surface area (Å²) in [6.45, 7) is 4.78. The van der Waals surface area contributed by atoms with Crippen LogP contribution in [0.4, 0.5) is 17.6 Å². The zero-order valence-electron chi connectivity index (χ0n) is 28.1. The number of hydrogen-bond acceptors (Lipinski definition) is 4. The maximum atomic E-state index is 14.9. The monoisotopic (exact) mass is 660 g/mol. The first-order valence-electron chi connectivity index (χ1n) is 18.2. The van der Waals surface area contributed by atoms with Crippen molar-refractivity contribution in [2.24, 2.45) is 17.8 Å². The molecule has 5 rings (SSSR count). The molecule has 0 aromatic heterocycles. The molecule has 0 bridgehead atoms. The molecule has 0 heterocycles. The van der Waals surface area contributed by atoms with E-state index < -0.39 is 23.3 Å². The highest BCUT2D eigenvalue weighted by Gasteiger charge is 2.36. The predicted octanol–water partition coefficient (Wildman–Crippen LogP) is 11.0. The summed E-state index contributed by atoms with van der Waals surface area (Å²) in [5.41, 5.74) is 0.844. The number of hydrogen-bond donors (Lipinski definition) is 0. The molecule has 3 aliphatic carbocycles. The Bertz CT molecular complexity index is 1310. The van der Waals surface area contributed by atoms with Crippen LogP contribution in [0.1, 0.15) is 140 Å². The molecular formula is C39H52F4O4. The van der Waals surface area contributed by atoms with Crippen molar-refractivity contribution >= 4 is 5.97 Å². The molecule has 4 nitrogen and oxygen atoms in total. The first-order valence-corrected chi connectivity index (χ1v) is 18.2. The molecule has 0 spiro atoms. The lowest BCUT2D eigenvalue weighted by Gasteiger charge is -2.38. The minimum Gasteiger partial charge on any atom is -0.490 e. The maximum absolute atomic E-state index is 14.9. The Morgan fingerprint density at radius 1 is 0.596 bits per heavy atom. The second kappa shape index (κ2) is 17.1. The van der Waals surface area contributed by atoms with Crippen molar-refractivity contribution in [3.63, 3.8) is 0 Å².